The van der Waals surface area contributed by atoms with Crippen molar-refractivity contribution in [2.24, 2.45) is 5.92 Å². The molecular weight excluding hydrogens is 296 g/mol. The van der Waals surface area contributed by atoms with Crippen molar-refractivity contribution in [3.05, 3.63) is 20.3 Å². The van der Waals surface area contributed by atoms with Crippen molar-refractivity contribution in [3.8, 4) is 0 Å². The zero-order chi connectivity index (χ0) is 10.8. The predicted molar refractivity (Wildman–Crippen MR) is 68.9 cm³/mol. The molecule has 4 heteroatoms. The molecule has 2 atom stereocenters. The molecule has 1 fully saturated rings. The van der Waals surface area contributed by atoms with E-state index in [9.17, 15) is 0 Å². The van der Waals surface area contributed by atoms with Gasteiger partial charge in [-0.1, -0.05) is 0 Å². The molecule has 2 unspecified atom stereocenters. The standard InChI is InChI=1S/C11H14BrClOS/c1-7-9(12)5-10(15-7)11(13)8-3-2-4-14-6-8/h5,8,11H,2-4,6H2,1H3. The largest absolute Gasteiger partial charge is 0.381 e. The van der Waals surface area contributed by atoms with Gasteiger partial charge in [0.1, 0.15) is 0 Å². The molecule has 2 heterocycles. The second kappa shape index (κ2) is 5.17. The molecule has 15 heavy (non-hydrogen) atoms. The molecule has 0 bridgehead atoms. The van der Waals surface area contributed by atoms with Crippen LogP contribution in [-0.4, -0.2) is 13.2 Å². The number of alkyl halides is 1. The van der Waals surface area contributed by atoms with Crippen LogP contribution in [0.25, 0.3) is 0 Å². The Balaban J connectivity index is 2.08. The van der Waals surface area contributed by atoms with E-state index >= 15 is 0 Å². The first-order chi connectivity index (χ1) is 7.18. The second-order valence-electron chi connectivity index (χ2n) is 3.93. The van der Waals surface area contributed by atoms with Crippen LogP contribution in [0.15, 0.2) is 10.5 Å². The molecule has 0 aliphatic carbocycles. The molecule has 1 aliphatic heterocycles. The van der Waals surface area contributed by atoms with E-state index in [-0.39, 0.29) is 5.38 Å². The van der Waals surface area contributed by atoms with Gasteiger partial charge >= 0.3 is 0 Å². The number of hydrogen-bond donors (Lipinski definition) is 0. The molecule has 1 aromatic heterocycles. The zero-order valence-corrected chi connectivity index (χ0v) is 11.8. The van der Waals surface area contributed by atoms with Crippen LogP contribution in [0.1, 0.15) is 28.0 Å². The lowest BCUT2D eigenvalue weighted by molar-refractivity contribution is 0.0534. The van der Waals surface area contributed by atoms with Gasteiger partial charge in [0.2, 0.25) is 0 Å². The van der Waals surface area contributed by atoms with Gasteiger partial charge in [-0.05, 0) is 41.8 Å². The third kappa shape index (κ3) is 2.76. The van der Waals surface area contributed by atoms with Crippen LogP contribution < -0.4 is 0 Å². The van der Waals surface area contributed by atoms with Crippen molar-refractivity contribution < 1.29 is 4.74 Å². The van der Waals surface area contributed by atoms with Crippen LogP contribution >= 0.6 is 38.9 Å². The maximum Gasteiger partial charge on any atom is 0.0729 e. The molecule has 1 aliphatic rings. The molecule has 0 saturated carbocycles. The van der Waals surface area contributed by atoms with E-state index in [0.717, 1.165) is 19.6 Å². The van der Waals surface area contributed by atoms with Gasteiger partial charge in [-0.25, -0.2) is 0 Å². The highest BCUT2D eigenvalue weighted by molar-refractivity contribution is 9.10. The van der Waals surface area contributed by atoms with Crippen molar-refractivity contribution in [1.82, 2.24) is 0 Å². The number of hydrogen-bond acceptors (Lipinski definition) is 2. The van der Waals surface area contributed by atoms with Crippen LogP contribution in [0.5, 0.6) is 0 Å². The lowest BCUT2D eigenvalue weighted by atomic mass is 9.97. The first kappa shape index (κ1) is 11.9. The maximum absolute atomic E-state index is 6.48. The van der Waals surface area contributed by atoms with Gasteiger partial charge in [0.25, 0.3) is 0 Å². The molecule has 0 N–H and O–H groups in total. The monoisotopic (exact) mass is 308 g/mol. The molecule has 1 saturated heterocycles. The van der Waals surface area contributed by atoms with Crippen molar-refractivity contribution >= 4 is 38.9 Å². The first-order valence-corrected chi connectivity index (χ1v) is 7.20. The summed E-state index contributed by atoms with van der Waals surface area (Å²) in [4.78, 5) is 2.56. The Labute approximate surface area is 108 Å². The normalized spacial score (nSPS) is 24.1. The van der Waals surface area contributed by atoms with Gasteiger partial charge < -0.3 is 4.74 Å². The van der Waals surface area contributed by atoms with Crippen molar-refractivity contribution in [2.75, 3.05) is 13.2 Å². The summed E-state index contributed by atoms with van der Waals surface area (Å²) in [5.74, 6) is 0.477. The summed E-state index contributed by atoms with van der Waals surface area (Å²) < 4.78 is 6.64. The average molecular weight is 310 g/mol. The van der Waals surface area contributed by atoms with Crippen molar-refractivity contribution in [2.45, 2.75) is 25.1 Å². The SMILES string of the molecule is Cc1sc(C(Cl)C2CCCOC2)cc1Br. The molecule has 0 spiro atoms. The minimum atomic E-state index is 0.111. The Morgan fingerprint density at radius 1 is 1.67 bits per heavy atom. The number of ether oxygens (including phenoxy) is 1. The van der Waals surface area contributed by atoms with E-state index < -0.39 is 0 Å². The van der Waals surface area contributed by atoms with E-state index in [4.69, 9.17) is 16.3 Å². The molecule has 1 aromatic rings. The highest BCUT2D eigenvalue weighted by Crippen LogP contribution is 2.40. The van der Waals surface area contributed by atoms with Gasteiger partial charge in [0.05, 0.1) is 12.0 Å². The first-order valence-electron chi connectivity index (χ1n) is 5.16. The van der Waals surface area contributed by atoms with E-state index in [1.54, 1.807) is 11.3 Å². The number of halogens is 2. The van der Waals surface area contributed by atoms with E-state index in [2.05, 4.69) is 28.9 Å². The lowest BCUT2D eigenvalue weighted by Gasteiger charge is -2.25. The minimum Gasteiger partial charge on any atom is -0.381 e. The van der Waals surface area contributed by atoms with E-state index in [1.165, 1.54) is 20.6 Å². The second-order valence-corrected chi connectivity index (χ2v) is 6.54. The van der Waals surface area contributed by atoms with Crippen LogP contribution in [0.3, 0.4) is 0 Å². The number of thiophene rings is 1. The highest BCUT2D eigenvalue weighted by atomic mass is 79.9. The smallest absolute Gasteiger partial charge is 0.0729 e. The number of aryl methyl sites for hydroxylation is 1. The Kier molecular flexibility index (Phi) is 4.10. The van der Waals surface area contributed by atoms with Crippen LogP contribution in [0.2, 0.25) is 0 Å². The van der Waals surface area contributed by atoms with Gasteiger partial charge in [-0.3, -0.25) is 0 Å². The van der Waals surface area contributed by atoms with Crippen molar-refractivity contribution in [3.63, 3.8) is 0 Å². The summed E-state index contributed by atoms with van der Waals surface area (Å²) in [6, 6.07) is 2.15. The summed E-state index contributed by atoms with van der Waals surface area (Å²) in [5.41, 5.74) is 0. The average Bonchev–Trinajstić information content (AvgIpc) is 2.59. The van der Waals surface area contributed by atoms with E-state index in [0.29, 0.717) is 5.92 Å². The Hall–Kier alpha value is 0.430. The molecule has 0 amide bonds. The Morgan fingerprint density at radius 2 is 2.47 bits per heavy atom. The zero-order valence-electron chi connectivity index (χ0n) is 8.63. The van der Waals surface area contributed by atoms with Crippen LogP contribution in [0.4, 0.5) is 0 Å². The van der Waals surface area contributed by atoms with Crippen LogP contribution in [-0.2, 0) is 4.74 Å². The molecular formula is C11H14BrClOS. The van der Waals surface area contributed by atoms with Gasteiger partial charge in [0.15, 0.2) is 0 Å². The topological polar surface area (TPSA) is 9.23 Å². The summed E-state index contributed by atoms with van der Waals surface area (Å²) in [6.07, 6.45) is 2.32. The third-order valence-corrected chi connectivity index (χ3v) is 5.70. The fraction of sp³-hybridized carbons (Fsp3) is 0.636. The van der Waals surface area contributed by atoms with E-state index in [1.807, 2.05) is 0 Å². The summed E-state index contributed by atoms with van der Waals surface area (Å²) in [6.45, 7) is 3.81. The minimum absolute atomic E-state index is 0.111. The number of rotatable bonds is 2. The molecule has 0 aromatic carbocycles. The summed E-state index contributed by atoms with van der Waals surface area (Å²) in [5, 5.41) is 0.111. The summed E-state index contributed by atoms with van der Waals surface area (Å²) >= 11 is 11.8. The third-order valence-electron chi connectivity index (χ3n) is 2.76. The maximum atomic E-state index is 6.48. The van der Waals surface area contributed by atoms with Gasteiger partial charge in [0, 0.05) is 26.8 Å². The molecule has 2 rings (SSSR count). The molecule has 1 nitrogen and oxygen atoms in total. The quantitative estimate of drug-likeness (QED) is 0.730. The Bertz CT molecular complexity index is 314. The molecule has 0 radical (unpaired) electrons. The predicted octanol–water partition coefficient (Wildman–Crippen LogP) is 4.53. The fourth-order valence-corrected chi connectivity index (χ4v) is 3.87. The fourth-order valence-electron chi connectivity index (χ4n) is 1.85. The van der Waals surface area contributed by atoms with Gasteiger partial charge in [-0.15, -0.1) is 22.9 Å². The summed E-state index contributed by atoms with van der Waals surface area (Å²) in [7, 11) is 0. The lowest BCUT2D eigenvalue weighted by Crippen LogP contribution is -2.20. The highest BCUT2D eigenvalue weighted by Gasteiger charge is 2.25. The van der Waals surface area contributed by atoms with Gasteiger partial charge in [-0.2, -0.15) is 0 Å². The van der Waals surface area contributed by atoms with Crippen LogP contribution in [0, 0.1) is 12.8 Å². The molecule has 84 valence electrons. The van der Waals surface area contributed by atoms with Crippen molar-refractivity contribution in [1.29, 1.82) is 0 Å². The Morgan fingerprint density at radius 3 is 3.00 bits per heavy atom.